The molecule has 1 fully saturated rings. The minimum atomic E-state index is 0.234. The van der Waals surface area contributed by atoms with Crippen molar-refractivity contribution in [2.75, 3.05) is 19.6 Å². The third kappa shape index (κ3) is 3.33. The Balaban J connectivity index is 1.81. The molecular formula is C15H22N2O. The van der Waals surface area contributed by atoms with Gasteiger partial charge in [-0.15, -0.1) is 0 Å². The average Bonchev–Trinajstić information content (AvgIpc) is 2.87. The van der Waals surface area contributed by atoms with Gasteiger partial charge in [-0.05, 0) is 37.8 Å². The maximum absolute atomic E-state index is 11.9. The van der Waals surface area contributed by atoms with Gasteiger partial charge in [0, 0.05) is 19.6 Å². The lowest BCUT2D eigenvalue weighted by atomic mass is 10.1. The first-order valence-corrected chi connectivity index (χ1v) is 6.71. The van der Waals surface area contributed by atoms with Gasteiger partial charge in [0.25, 0.3) is 0 Å². The number of carbonyl (C=O) groups excluding carboxylic acids is 1. The highest BCUT2D eigenvalue weighted by molar-refractivity contribution is 5.78. The van der Waals surface area contributed by atoms with Crippen LogP contribution in [0.15, 0.2) is 18.2 Å². The van der Waals surface area contributed by atoms with Crippen molar-refractivity contribution in [1.29, 1.82) is 0 Å². The summed E-state index contributed by atoms with van der Waals surface area (Å²) in [5, 5.41) is 3.26. The molecule has 1 amide bonds. The van der Waals surface area contributed by atoms with Crippen LogP contribution in [-0.4, -0.2) is 30.4 Å². The fourth-order valence-electron chi connectivity index (χ4n) is 2.37. The van der Waals surface area contributed by atoms with Crippen molar-refractivity contribution < 1.29 is 4.79 Å². The number of carbonyl (C=O) groups is 1. The maximum Gasteiger partial charge on any atom is 0.236 e. The van der Waals surface area contributed by atoms with Gasteiger partial charge >= 0.3 is 0 Å². The Morgan fingerprint density at radius 3 is 2.72 bits per heavy atom. The summed E-state index contributed by atoms with van der Waals surface area (Å²) in [5.41, 5.74) is 3.83. The van der Waals surface area contributed by atoms with Crippen LogP contribution < -0.4 is 5.32 Å². The van der Waals surface area contributed by atoms with Crippen molar-refractivity contribution in [2.45, 2.75) is 33.2 Å². The molecule has 1 aliphatic heterocycles. The lowest BCUT2D eigenvalue weighted by Gasteiger charge is -2.16. The second-order valence-electron chi connectivity index (χ2n) is 5.12. The van der Waals surface area contributed by atoms with Gasteiger partial charge in [0.2, 0.25) is 5.91 Å². The number of rotatable bonds is 4. The van der Waals surface area contributed by atoms with E-state index in [4.69, 9.17) is 0 Å². The van der Waals surface area contributed by atoms with Crippen molar-refractivity contribution >= 4 is 5.91 Å². The van der Waals surface area contributed by atoms with Crippen molar-refractivity contribution in [1.82, 2.24) is 10.2 Å². The fraction of sp³-hybridized carbons (Fsp3) is 0.533. The van der Waals surface area contributed by atoms with E-state index in [-0.39, 0.29) is 5.91 Å². The van der Waals surface area contributed by atoms with Crippen LogP contribution in [0.2, 0.25) is 0 Å². The van der Waals surface area contributed by atoms with Crippen LogP contribution in [0.25, 0.3) is 0 Å². The Labute approximate surface area is 109 Å². The van der Waals surface area contributed by atoms with Crippen LogP contribution in [0.4, 0.5) is 0 Å². The number of hydrogen-bond donors (Lipinski definition) is 1. The van der Waals surface area contributed by atoms with Crippen LogP contribution >= 0.6 is 0 Å². The molecule has 0 unspecified atom stereocenters. The van der Waals surface area contributed by atoms with E-state index in [1.807, 2.05) is 4.90 Å². The minimum absolute atomic E-state index is 0.234. The van der Waals surface area contributed by atoms with E-state index in [1.165, 1.54) is 16.7 Å². The number of likely N-dealkylation sites (tertiary alicyclic amines) is 1. The second kappa shape index (κ2) is 6.01. The van der Waals surface area contributed by atoms with Gasteiger partial charge in [-0.25, -0.2) is 0 Å². The lowest BCUT2D eigenvalue weighted by molar-refractivity contribution is -0.129. The van der Waals surface area contributed by atoms with Crippen LogP contribution in [0.5, 0.6) is 0 Å². The summed E-state index contributed by atoms with van der Waals surface area (Å²) in [4.78, 5) is 13.8. The molecule has 1 aliphatic rings. The first-order chi connectivity index (χ1) is 8.66. The Kier molecular flexibility index (Phi) is 4.37. The van der Waals surface area contributed by atoms with Crippen molar-refractivity contribution in [3.8, 4) is 0 Å². The number of benzene rings is 1. The van der Waals surface area contributed by atoms with Crippen LogP contribution in [-0.2, 0) is 11.3 Å². The Morgan fingerprint density at radius 2 is 2.00 bits per heavy atom. The fourth-order valence-corrected chi connectivity index (χ4v) is 2.37. The van der Waals surface area contributed by atoms with E-state index < -0.39 is 0 Å². The lowest BCUT2D eigenvalue weighted by Crippen LogP contribution is -2.36. The summed E-state index contributed by atoms with van der Waals surface area (Å²) in [6.45, 7) is 7.30. The molecule has 1 N–H and O–H groups in total. The van der Waals surface area contributed by atoms with Gasteiger partial charge in [-0.3, -0.25) is 4.79 Å². The zero-order valence-corrected chi connectivity index (χ0v) is 11.3. The first-order valence-electron chi connectivity index (χ1n) is 6.71. The highest BCUT2D eigenvalue weighted by Crippen LogP contribution is 2.10. The molecule has 0 atom stereocenters. The molecule has 3 heteroatoms. The van der Waals surface area contributed by atoms with Crippen molar-refractivity contribution in [3.05, 3.63) is 34.9 Å². The molecule has 0 spiro atoms. The Morgan fingerprint density at radius 1 is 1.28 bits per heavy atom. The highest BCUT2D eigenvalue weighted by atomic mass is 16.2. The minimum Gasteiger partial charge on any atom is -0.342 e. The predicted octanol–water partition coefficient (Wildman–Crippen LogP) is 2.02. The number of aryl methyl sites for hydroxylation is 2. The molecule has 0 bridgehead atoms. The summed E-state index contributed by atoms with van der Waals surface area (Å²) in [6, 6.07) is 6.44. The molecule has 18 heavy (non-hydrogen) atoms. The van der Waals surface area contributed by atoms with Crippen LogP contribution in [0, 0.1) is 13.8 Å². The van der Waals surface area contributed by atoms with E-state index in [9.17, 15) is 4.79 Å². The monoisotopic (exact) mass is 246 g/mol. The second-order valence-corrected chi connectivity index (χ2v) is 5.12. The molecular weight excluding hydrogens is 224 g/mol. The van der Waals surface area contributed by atoms with Crippen LogP contribution in [0.1, 0.15) is 29.5 Å². The summed E-state index contributed by atoms with van der Waals surface area (Å²) < 4.78 is 0. The molecule has 98 valence electrons. The zero-order chi connectivity index (χ0) is 13.0. The van der Waals surface area contributed by atoms with Gasteiger partial charge in [0.15, 0.2) is 0 Å². The largest absolute Gasteiger partial charge is 0.342 e. The van der Waals surface area contributed by atoms with Crippen LogP contribution in [0.3, 0.4) is 0 Å². The van der Waals surface area contributed by atoms with Crippen molar-refractivity contribution in [2.24, 2.45) is 0 Å². The van der Waals surface area contributed by atoms with E-state index in [0.29, 0.717) is 6.54 Å². The zero-order valence-electron chi connectivity index (χ0n) is 11.3. The normalized spacial score (nSPS) is 15.1. The summed E-state index contributed by atoms with van der Waals surface area (Å²) >= 11 is 0. The molecule has 0 saturated carbocycles. The van der Waals surface area contributed by atoms with Gasteiger partial charge in [0.1, 0.15) is 0 Å². The summed E-state index contributed by atoms with van der Waals surface area (Å²) in [7, 11) is 0. The molecule has 0 radical (unpaired) electrons. The standard InChI is InChI=1S/C15H22N2O/c1-12-5-6-13(2)14(9-12)10-16-11-15(18)17-7-3-4-8-17/h5-6,9,16H,3-4,7-8,10-11H2,1-2H3. The predicted molar refractivity (Wildman–Crippen MR) is 73.4 cm³/mol. The van der Waals surface area contributed by atoms with Gasteiger partial charge in [-0.2, -0.15) is 0 Å². The quantitative estimate of drug-likeness (QED) is 0.881. The maximum atomic E-state index is 11.9. The number of nitrogens with zero attached hydrogens (tertiary/aromatic N) is 1. The van der Waals surface area contributed by atoms with Gasteiger partial charge in [0.05, 0.1) is 6.54 Å². The molecule has 0 aliphatic carbocycles. The SMILES string of the molecule is Cc1ccc(C)c(CNCC(=O)N2CCCC2)c1. The number of nitrogens with one attached hydrogen (secondary N) is 1. The molecule has 0 aromatic heterocycles. The van der Waals surface area contributed by atoms with E-state index in [2.05, 4.69) is 37.4 Å². The van der Waals surface area contributed by atoms with Gasteiger partial charge in [-0.1, -0.05) is 23.8 Å². The molecule has 1 saturated heterocycles. The van der Waals surface area contributed by atoms with E-state index in [1.54, 1.807) is 0 Å². The smallest absolute Gasteiger partial charge is 0.236 e. The molecule has 1 aromatic carbocycles. The average molecular weight is 246 g/mol. The topological polar surface area (TPSA) is 32.3 Å². The third-order valence-corrected chi connectivity index (χ3v) is 3.56. The van der Waals surface area contributed by atoms with E-state index >= 15 is 0 Å². The molecule has 1 aromatic rings. The van der Waals surface area contributed by atoms with Gasteiger partial charge < -0.3 is 10.2 Å². The highest BCUT2D eigenvalue weighted by Gasteiger charge is 2.16. The summed E-state index contributed by atoms with van der Waals surface area (Å²) in [6.07, 6.45) is 2.31. The number of hydrogen-bond acceptors (Lipinski definition) is 2. The Bertz CT molecular complexity index is 423. The van der Waals surface area contributed by atoms with Crippen molar-refractivity contribution in [3.63, 3.8) is 0 Å². The van der Waals surface area contributed by atoms with E-state index in [0.717, 1.165) is 32.5 Å². The third-order valence-electron chi connectivity index (χ3n) is 3.56. The summed E-state index contributed by atoms with van der Waals surface area (Å²) in [5.74, 6) is 0.234. The molecule has 3 nitrogen and oxygen atoms in total. The Hall–Kier alpha value is -1.35. The molecule has 2 rings (SSSR count). The first kappa shape index (κ1) is 13.1. The number of amides is 1. The molecule has 1 heterocycles.